The minimum atomic E-state index is -0.202. The summed E-state index contributed by atoms with van der Waals surface area (Å²) in [5, 5.41) is 10.7. The van der Waals surface area contributed by atoms with Crippen molar-refractivity contribution in [2.24, 2.45) is 5.92 Å². The SMILES string of the molecule is Cc1cc(C)cc(NC(=S)Nc2cc(C(=O)NCc3ccccc3Cl)ccc2N2C[C@H]3C[C@@H](C2)c2cccc(=O)n2C3)c1. The van der Waals surface area contributed by atoms with Crippen LogP contribution in [-0.4, -0.2) is 28.7 Å². The van der Waals surface area contributed by atoms with Crippen molar-refractivity contribution in [2.45, 2.75) is 39.3 Å². The molecule has 1 amide bonds. The molecule has 0 spiro atoms. The van der Waals surface area contributed by atoms with E-state index < -0.39 is 0 Å². The summed E-state index contributed by atoms with van der Waals surface area (Å²) < 4.78 is 1.94. The van der Waals surface area contributed by atoms with Crippen LogP contribution in [0.1, 0.15) is 45.1 Å². The molecule has 2 aliphatic heterocycles. The number of nitrogens with one attached hydrogen (secondary N) is 3. The number of amides is 1. The Morgan fingerprint density at radius 2 is 1.72 bits per heavy atom. The Bertz CT molecular complexity index is 1750. The number of anilines is 3. The number of pyridine rings is 1. The van der Waals surface area contributed by atoms with E-state index in [4.69, 9.17) is 23.8 Å². The third-order valence-electron chi connectivity index (χ3n) is 8.20. The van der Waals surface area contributed by atoms with Crippen LogP contribution < -0.4 is 26.4 Å². The molecular formula is C34H34ClN5O2S. The van der Waals surface area contributed by atoms with E-state index in [-0.39, 0.29) is 17.4 Å². The van der Waals surface area contributed by atoms with Gasteiger partial charge < -0.3 is 25.4 Å². The van der Waals surface area contributed by atoms with E-state index in [1.807, 2.05) is 65.2 Å². The first-order valence-electron chi connectivity index (χ1n) is 14.5. The highest BCUT2D eigenvalue weighted by Crippen LogP contribution is 2.39. The van der Waals surface area contributed by atoms with Crippen LogP contribution in [0.4, 0.5) is 17.1 Å². The minimum absolute atomic E-state index is 0.0676. The summed E-state index contributed by atoms with van der Waals surface area (Å²) in [6, 6.07) is 25.0. The summed E-state index contributed by atoms with van der Waals surface area (Å²) in [4.78, 5) is 28.2. The fourth-order valence-electron chi connectivity index (χ4n) is 6.40. The second-order valence-corrected chi connectivity index (χ2v) is 12.4. The Labute approximate surface area is 261 Å². The zero-order valence-electron chi connectivity index (χ0n) is 24.2. The highest BCUT2D eigenvalue weighted by atomic mass is 35.5. The fraction of sp³-hybridized carbons (Fsp3) is 0.265. The Morgan fingerprint density at radius 1 is 0.930 bits per heavy atom. The maximum Gasteiger partial charge on any atom is 0.251 e. The lowest BCUT2D eigenvalue weighted by molar-refractivity contribution is 0.0951. The summed E-state index contributed by atoms with van der Waals surface area (Å²) in [5.41, 5.74) is 7.42. The lowest BCUT2D eigenvalue weighted by Crippen LogP contribution is -2.47. The molecule has 1 aromatic heterocycles. The van der Waals surface area contributed by atoms with Crippen molar-refractivity contribution in [1.82, 2.24) is 9.88 Å². The van der Waals surface area contributed by atoms with Gasteiger partial charge in [0.1, 0.15) is 0 Å². The third kappa shape index (κ3) is 6.45. The van der Waals surface area contributed by atoms with Crippen LogP contribution in [0.3, 0.4) is 0 Å². The van der Waals surface area contributed by atoms with E-state index in [9.17, 15) is 9.59 Å². The molecule has 3 aromatic carbocycles. The number of aryl methyl sites for hydroxylation is 2. The van der Waals surface area contributed by atoms with E-state index in [1.165, 1.54) is 0 Å². The van der Waals surface area contributed by atoms with Gasteiger partial charge in [-0.15, -0.1) is 0 Å². The van der Waals surface area contributed by atoms with Crippen molar-refractivity contribution in [2.75, 3.05) is 28.6 Å². The molecule has 220 valence electrons. The van der Waals surface area contributed by atoms with Gasteiger partial charge in [-0.25, -0.2) is 0 Å². The van der Waals surface area contributed by atoms with Crippen molar-refractivity contribution in [3.8, 4) is 0 Å². The number of hydrogen-bond donors (Lipinski definition) is 3. The Hall–Kier alpha value is -4.14. The molecule has 0 aliphatic carbocycles. The van der Waals surface area contributed by atoms with E-state index in [1.54, 1.807) is 6.07 Å². The van der Waals surface area contributed by atoms with Crippen LogP contribution >= 0.6 is 23.8 Å². The van der Waals surface area contributed by atoms with Gasteiger partial charge in [-0.3, -0.25) is 9.59 Å². The smallest absolute Gasteiger partial charge is 0.251 e. The number of piperidine rings is 1. The van der Waals surface area contributed by atoms with E-state index in [0.29, 0.717) is 34.7 Å². The topological polar surface area (TPSA) is 78.4 Å². The van der Waals surface area contributed by atoms with E-state index >= 15 is 0 Å². The van der Waals surface area contributed by atoms with Crippen molar-refractivity contribution >= 4 is 51.9 Å². The molecule has 6 rings (SSSR count). The molecule has 2 aliphatic rings. The van der Waals surface area contributed by atoms with E-state index in [2.05, 4.69) is 46.8 Å². The molecule has 3 heterocycles. The first-order valence-corrected chi connectivity index (χ1v) is 15.3. The summed E-state index contributed by atoms with van der Waals surface area (Å²) in [6.07, 6.45) is 1.05. The summed E-state index contributed by atoms with van der Waals surface area (Å²) >= 11 is 12.1. The maximum absolute atomic E-state index is 13.3. The zero-order chi connectivity index (χ0) is 30.1. The molecule has 7 nitrogen and oxygen atoms in total. The number of carbonyl (C=O) groups excluding carboxylic acids is 1. The summed E-state index contributed by atoms with van der Waals surface area (Å²) in [6.45, 7) is 6.71. The molecule has 0 unspecified atom stereocenters. The van der Waals surface area contributed by atoms with E-state index in [0.717, 1.165) is 59.0 Å². The van der Waals surface area contributed by atoms with Gasteiger partial charge in [0, 0.05) is 60.1 Å². The molecule has 0 radical (unpaired) electrons. The minimum Gasteiger partial charge on any atom is -0.369 e. The second-order valence-electron chi connectivity index (χ2n) is 11.6. The number of thiocarbonyl (C=S) groups is 1. The van der Waals surface area contributed by atoms with Crippen LogP contribution in [0, 0.1) is 19.8 Å². The van der Waals surface area contributed by atoms with Gasteiger partial charge in [-0.1, -0.05) is 41.9 Å². The summed E-state index contributed by atoms with van der Waals surface area (Å²) in [7, 11) is 0. The number of aromatic nitrogens is 1. The number of hydrogen-bond acceptors (Lipinski definition) is 4. The first kappa shape index (κ1) is 29.0. The number of rotatable bonds is 6. The first-order chi connectivity index (χ1) is 20.7. The van der Waals surface area contributed by atoms with Gasteiger partial charge in [0.25, 0.3) is 11.5 Å². The maximum atomic E-state index is 13.3. The molecule has 9 heteroatoms. The van der Waals surface area contributed by atoms with Gasteiger partial charge in [-0.2, -0.15) is 0 Å². The molecule has 4 aromatic rings. The summed E-state index contributed by atoms with van der Waals surface area (Å²) in [5.74, 6) is 0.387. The number of halogens is 1. The molecule has 2 bridgehead atoms. The van der Waals surface area contributed by atoms with Crippen LogP contribution in [0.25, 0.3) is 0 Å². The number of benzene rings is 3. The predicted octanol–water partition coefficient (Wildman–Crippen LogP) is 6.48. The van der Waals surface area contributed by atoms with Gasteiger partial charge in [0.15, 0.2) is 5.11 Å². The quantitative estimate of drug-likeness (QED) is 0.217. The highest BCUT2D eigenvalue weighted by Gasteiger charge is 2.35. The molecular weight excluding hydrogens is 578 g/mol. The van der Waals surface area contributed by atoms with Crippen LogP contribution in [0.5, 0.6) is 0 Å². The Kier molecular flexibility index (Phi) is 8.23. The number of nitrogens with zero attached hydrogens (tertiary/aromatic N) is 2. The lowest BCUT2D eigenvalue weighted by Gasteiger charge is -2.44. The van der Waals surface area contributed by atoms with Gasteiger partial charge in [-0.05, 0) is 97.6 Å². The van der Waals surface area contributed by atoms with Crippen molar-refractivity contribution in [1.29, 1.82) is 0 Å². The zero-order valence-corrected chi connectivity index (χ0v) is 25.8. The average Bonchev–Trinajstić information content (AvgIpc) is 2.96. The van der Waals surface area contributed by atoms with Crippen molar-refractivity contribution < 1.29 is 4.79 Å². The number of carbonyl (C=O) groups is 1. The number of fused-ring (bicyclic) bond motifs is 4. The normalized spacial score (nSPS) is 17.1. The molecule has 1 saturated heterocycles. The average molecular weight is 612 g/mol. The van der Waals surface area contributed by atoms with Gasteiger partial charge >= 0.3 is 0 Å². The lowest BCUT2D eigenvalue weighted by atomic mass is 9.83. The molecule has 1 fully saturated rings. The monoisotopic (exact) mass is 611 g/mol. The van der Waals surface area contributed by atoms with Crippen LogP contribution in [-0.2, 0) is 13.1 Å². The Balaban J connectivity index is 1.28. The molecule has 43 heavy (non-hydrogen) atoms. The highest BCUT2D eigenvalue weighted by molar-refractivity contribution is 7.80. The van der Waals surface area contributed by atoms with Crippen LogP contribution in [0.2, 0.25) is 5.02 Å². The standard InChI is InChI=1S/C34H34ClN5O2S/c1-21-12-22(2)14-27(13-21)37-34(43)38-29-16-24(33(42)36-17-25-6-3-4-7-28(25)35)10-11-31(29)39-18-23-15-26(20-39)30-8-5-9-32(41)40(30)19-23/h3-14,16,23,26H,15,17-20H2,1-2H3,(H,36,42)(H2,37,38,43)/t23-,26+/m1/s1. The van der Waals surface area contributed by atoms with Gasteiger partial charge in [0.2, 0.25) is 0 Å². The largest absolute Gasteiger partial charge is 0.369 e. The molecule has 3 N–H and O–H groups in total. The fourth-order valence-corrected chi connectivity index (χ4v) is 6.83. The van der Waals surface area contributed by atoms with Crippen LogP contribution in [0.15, 0.2) is 83.7 Å². The molecule has 0 saturated carbocycles. The van der Waals surface area contributed by atoms with Gasteiger partial charge in [0.05, 0.1) is 11.4 Å². The molecule has 2 atom stereocenters. The van der Waals surface area contributed by atoms with Crippen molar-refractivity contribution in [3.05, 3.63) is 122 Å². The van der Waals surface area contributed by atoms with Crippen molar-refractivity contribution in [3.63, 3.8) is 0 Å². The Morgan fingerprint density at radius 3 is 2.51 bits per heavy atom. The second kappa shape index (κ2) is 12.2. The predicted molar refractivity (Wildman–Crippen MR) is 179 cm³/mol. The third-order valence-corrected chi connectivity index (χ3v) is 8.78.